The molecule has 0 unspecified atom stereocenters. The Morgan fingerprint density at radius 2 is 1.57 bits per heavy atom. The minimum Gasteiger partial charge on any atom is -0.329 e. The fourth-order valence-corrected chi connectivity index (χ4v) is 5.40. The molecule has 8 heteroatoms. The third kappa shape index (κ3) is 4.56. The van der Waals surface area contributed by atoms with Gasteiger partial charge < -0.3 is 4.90 Å². The number of alkyl halides is 3. The highest BCUT2D eigenvalue weighted by atomic mass is 32.2. The summed E-state index contributed by atoms with van der Waals surface area (Å²) in [4.78, 5) is 0.556. The molecule has 2 aromatic carbocycles. The van der Waals surface area contributed by atoms with Crippen LogP contribution in [-0.4, -0.2) is 38.9 Å². The predicted molar refractivity (Wildman–Crippen MR) is 101 cm³/mol. The Kier molecular flexibility index (Phi) is 5.84. The Morgan fingerprint density at radius 3 is 2.14 bits per heavy atom. The van der Waals surface area contributed by atoms with Gasteiger partial charge in [-0.05, 0) is 26.0 Å². The van der Waals surface area contributed by atoms with E-state index in [1.807, 2.05) is 13.8 Å². The lowest BCUT2D eigenvalue weighted by Crippen LogP contribution is -3.13. The van der Waals surface area contributed by atoms with Gasteiger partial charge in [-0.2, -0.15) is 17.5 Å². The van der Waals surface area contributed by atoms with E-state index in [0.29, 0.717) is 13.1 Å². The van der Waals surface area contributed by atoms with Crippen LogP contribution < -0.4 is 4.90 Å². The first kappa shape index (κ1) is 20.8. The van der Waals surface area contributed by atoms with Crippen LogP contribution in [0.25, 0.3) is 0 Å². The van der Waals surface area contributed by atoms with Crippen LogP contribution in [-0.2, 0) is 22.7 Å². The van der Waals surface area contributed by atoms with Crippen molar-refractivity contribution in [1.29, 1.82) is 0 Å². The summed E-state index contributed by atoms with van der Waals surface area (Å²) in [6.07, 6.45) is -4.71. The second-order valence-corrected chi connectivity index (χ2v) is 9.23. The molecule has 0 saturated carbocycles. The Morgan fingerprint density at radius 1 is 1.00 bits per heavy atom. The van der Waals surface area contributed by atoms with E-state index in [9.17, 15) is 21.6 Å². The molecule has 3 rings (SSSR count). The van der Waals surface area contributed by atoms with E-state index in [4.69, 9.17) is 0 Å². The van der Waals surface area contributed by atoms with Gasteiger partial charge in [0, 0.05) is 5.56 Å². The summed E-state index contributed by atoms with van der Waals surface area (Å²) in [5.74, 6) is 0. The fraction of sp³-hybridized carbons (Fsp3) is 0.400. The molecule has 1 aliphatic heterocycles. The number of hydrogen-bond donors (Lipinski definition) is 1. The molecule has 0 atom stereocenters. The van der Waals surface area contributed by atoms with Crippen molar-refractivity contribution in [2.45, 2.75) is 31.5 Å². The molecule has 2 aromatic rings. The maximum absolute atomic E-state index is 13.2. The first-order valence-corrected chi connectivity index (χ1v) is 10.6. The Balaban J connectivity index is 1.72. The summed E-state index contributed by atoms with van der Waals surface area (Å²) in [5.41, 5.74) is 2.44. The smallest absolute Gasteiger partial charge is 0.329 e. The number of aryl methyl sites for hydroxylation is 2. The molecule has 0 amide bonds. The standard InChI is InChI=1S/C20H23F3N2O2S/c1-15-11-16(2)13-17(12-15)14-24-7-9-25(10-8-24)28(26,27)19-6-4-3-5-18(19)20(21,22)23/h3-6,11-13H,7-10,14H2,1-2H3/p+1. The van der Waals surface area contributed by atoms with E-state index in [0.717, 1.165) is 18.7 Å². The topological polar surface area (TPSA) is 41.8 Å². The van der Waals surface area contributed by atoms with Crippen molar-refractivity contribution >= 4 is 10.0 Å². The zero-order chi connectivity index (χ0) is 20.5. The molecular formula is C20H24F3N2O2S+. The number of piperazine rings is 1. The average molecular weight is 413 g/mol. The third-order valence-electron chi connectivity index (χ3n) is 4.98. The minimum atomic E-state index is -4.71. The quantitative estimate of drug-likeness (QED) is 0.837. The largest absolute Gasteiger partial charge is 0.417 e. The van der Waals surface area contributed by atoms with Gasteiger partial charge in [0.1, 0.15) is 6.54 Å². The van der Waals surface area contributed by atoms with E-state index in [-0.39, 0.29) is 13.1 Å². The first-order valence-electron chi connectivity index (χ1n) is 9.14. The molecule has 1 saturated heterocycles. The number of hydrogen-bond acceptors (Lipinski definition) is 2. The van der Waals surface area contributed by atoms with Gasteiger partial charge in [0.25, 0.3) is 0 Å². The summed E-state index contributed by atoms with van der Waals surface area (Å²) < 4.78 is 66.5. The van der Waals surface area contributed by atoms with Crippen molar-refractivity contribution < 1.29 is 26.5 Å². The highest BCUT2D eigenvalue weighted by molar-refractivity contribution is 7.89. The van der Waals surface area contributed by atoms with Gasteiger partial charge in [0.05, 0.1) is 36.6 Å². The van der Waals surface area contributed by atoms with Crippen molar-refractivity contribution in [2.24, 2.45) is 0 Å². The molecule has 0 aliphatic carbocycles. The van der Waals surface area contributed by atoms with Crippen molar-refractivity contribution in [3.05, 3.63) is 64.7 Å². The van der Waals surface area contributed by atoms with Crippen LogP contribution >= 0.6 is 0 Å². The molecule has 0 spiro atoms. The molecule has 1 aliphatic rings. The molecule has 1 fully saturated rings. The summed E-state index contributed by atoms with van der Waals surface area (Å²) >= 11 is 0. The zero-order valence-corrected chi connectivity index (χ0v) is 16.7. The fourth-order valence-electron chi connectivity index (χ4n) is 3.74. The van der Waals surface area contributed by atoms with Crippen molar-refractivity contribution in [3.63, 3.8) is 0 Å². The first-order chi connectivity index (χ1) is 13.1. The zero-order valence-electron chi connectivity index (χ0n) is 15.9. The average Bonchev–Trinajstić information content (AvgIpc) is 2.60. The van der Waals surface area contributed by atoms with Gasteiger partial charge in [-0.25, -0.2) is 8.42 Å². The van der Waals surface area contributed by atoms with Crippen LogP contribution in [0.2, 0.25) is 0 Å². The summed E-state index contributed by atoms with van der Waals surface area (Å²) in [6.45, 7) is 6.36. The lowest BCUT2D eigenvalue weighted by atomic mass is 10.1. The van der Waals surface area contributed by atoms with Crippen LogP contribution in [0.3, 0.4) is 0 Å². The van der Waals surface area contributed by atoms with Gasteiger partial charge in [0.15, 0.2) is 0 Å². The molecule has 28 heavy (non-hydrogen) atoms. The number of rotatable bonds is 4. The van der Waals surface area contributed by atoms with Gasteiger partial charge in [-0.1, -0.05) is 41.5 Å². The predicted octanol–water partition coefficient (Wildman–Crippen LogP) is 2.41. The maximum atomic E-state index is 13.2. The lowest BCUT2D eigenvalue weighted by Gasteiger charge is -2.32. The van der Waals surface area contributed by atoms with Crippen LogP contribution in [0.1, 0.15) is 22.3 Å². The second-order valence-electron chi connectivity index (χ2n) is 7.32. The molecule has 0 bridgehead atoms. The van der Waals surface area contributed by atoms with Crippen LogP contribution in [0, 0.1) is 13.8 Å². The van der Waals surface area contributed by atoms with Crippen LogP contribution in [0.15, 0.2) is 47.4 Å². The van der Waals surface area contributed by atoms with E-state index in [1.54, 1.807) is 0 Å². The monoisotopic (exact) mass is 413 g/mol. The maximum Gasteiger partial charge on any atom is 0.417 e. The lowest BCUT2D eigenvalue weighted by molar-refractivity contribution is -0.917. The molecule has 0 aromatic heterocycles. The number of halogens is 3. The Labute approximate surface area is 163 Å². The van der Waals surface area contributed by atoms with Gasteiger partial charge in [-0.3, -0.25) is 0 Å². The van der Waals surface area contributed by atoms with E-state index in [2.05, 4.69) is 18.2 Å². The molecular weight excluding hydrogens is 389 g/mol. The molecule has 1 heterocycles. The third-order valence-corrected chi connectivity index (χ3v) is 6.93. The van der Waals surface area contributed by atoms with E-state index in [1.165, 1.54) is 38.0 Å². The summed E-state index contributed by atoms with van der Waals surface area (Å²) in [7, 11) is -4.19. The van der Waals surface area contributed by atoms with Gasteiger partial charge in [-0.15, -0.1) is 0 Å². The van der Waals surface area contributed by atoms with Crippen LogP contribution in [0.4, 0.5) is 13.2 Å². The summed E-state index contributed by atoms with van der Waals surface area (Å²) in [6, 6.07) is 10.7. The number of sulfonamides is 1. The SMILES string of the molecule is Cc1cc(C)cc(C[NH+]2CCN(S(=O)(=O)c3ccccc3C(F)(F)F)CC2)c1. The minimum absolute atomic E-state index is 0.203. The summed E-state index contributed by atoms with van der Waals surface area (Å²) in [5, 5.41) is 0. The van der Waals surface area contributed by atoms with E-state index < -0.39 is 26.7 Å². The van der Waals surface area contributed by atoms with Gasteiger partial charge in [0.2, 0.25) is 10.0 Å². The highest BCUT2D eigenvalue weighted by Gasteiger charge is 2.39. The highest BCUT2D eigenvalue weighted by Crippen LogP contribution is 2.35. The Hall–Kier alpha value is -1.90. The number of benzene rings is 2. The van der Waals surface area contributed by atoms with Crippen LogP contribution in [0.5, 0.6) is 0 Å². The molecule has 152 valence electrons. The normalized spacial score (nSPS) is 17.0. The molecule has 4 nitrogen and oxygen atoms in total. The van der Waals surface area contributed by atoms with E-state index >= 15 is 0 Å². The number of nitrogens with zero attached hydrogens (tertiary/aromatic N) is 1. The molecule has 1 N–H and O–H groups in total. The number of quaternary nitrogens is 1. The van der Waals surface area contributed by atoms with Gasteiger partial charge >= 0.3 is 6.18 Å². The Bertz CT molecular complexity index is 930. The molecule has 0 radical (unpaired) electrons. The second kappa shape index (κ2) is 7.85. The van der Waals surface area contributed by atoms with Crippen molar-refractivity contribution in [3.8, 4) is 0 Å². The van der Waals surface area contributed by atoms with Crippen molar-refractivity contribution in [2.75, 3.05) is 26.2 Å². The number of nitrogens with one attached hydrogen (secondary N) is 1. The van der Waals surface area contributed by atoms with Crippen molar-refractivity contribution in [1.82, 2.24) is 4.31 Å².